The van der Waals surface area contributed by atoms with Crippen LogP contribution in [0.5, 0.6) is 0 Å². The van der Waals surface area contributed by atoms with Gasteiger partial charge in [0.15, 0.2) is 0 Å². The van der Waals surface area contributed by atoms with Crippen LogP contribution in [0.15, 0.2) is 30.3 Å². The highest BCUT2D eigenvalue weighted by atomic mass is 35.5. The van der Waals surface area contributed by atoms with Gasteiger partial charge in [0, 0.05) is 24.9 Å². The predicted octanol–water partition coefficient (Wildman–Crippen LogP) is 3.45. The molecule has 0 spiro atoms. The number of esters is 1. The third-order valence-corrected chi connectivity index (χ3v) is 4.88. The van der Waals surface area contributed by atoms with Crippen LogP contribution in [-0.4, -0.2) is 36.4 Å². The SMILES string of the molecule is CC1C(C)C(OC(=O)CCl)(c2ccccc2)CCN1C.Cl. The summed E-state index contributed by atoms with van der Waals surface area (Å²) < 4.78 is 5.85. The van der Waals surface area contributed by atoms with Gasteiger partial charge in [-0.2, -0.15) is 0 Å². The molecule has 21 heavy (non-hydrogen) atoms. The number of rotatable bonds is 3. The van der Waals surface area contributed by atoms with E-state index in [0.717, 1.165) is 18.5 Å². The number of alkyl halides is 1. The summed E-state index contributed by atoms with van der Waals surface area (Å²) in [5, 5.41) is 0. The molecule has 2 rings (SSSR count). The molecule has 1 aliphatic rings. The summed E-state index contributed by atoms with van der Waals surface area (Å²) in [4.78, 5) is 14.1. The Labute approximate surface area is 138 Å². The first-order valence-electron chi connectivity index (χ1n) is 7.05. The molecule has 118 valence electrons. The van der Waals surface area contributed by atoms with Crippen molar-refractivity contribution in [3.8, 4) is 0 Å². The van der Waals surface area contributed by atoms with Crippen LogP contribution < -0.4 is 0 Å². The molecule has 1 aromatic rings. The van der Waals surface area contributed by atoms with Gasteiger partial charge in [-0.25, -0.2) is 0 Å². The van der Waals surface area contributed by atoms with Crippen LogP contribution in [0.2, 0.25) is 0 Å². The minimum absolute atomic E-state index is 0. The van der Waals surface area contributed by atoms with E-state index in [1.807, 2.05) is 30.3 Å². The predicted molar refractivity (Wildman–Crippen MR) is 88.1 cm³/mol. The maximum atomic E-state index is 11.8. The number of ether oxygens (including phenoxy) is 1. The topological polar surface area (TPSA) is 29.5 Å². The first kappa shape index (κ1) is 18.3. The number of carbonyl (C=O) groups excluding carboxylic acids is 1. The molecule has 1 heterocycles. The average molecular weight is 332 g/mol. The molecule has 3 unspecified atom stereocenters. The zero-order chi connectivity index (χ0) is 14.8. The van der Waals surface area contributed by atoms with Gasteiger partial charge in [0.25, 0.3) is 0 Å². The lowest BCUT2D eigenvalue weighted by Gasteiger charge is -2.49. The third-order valence-electron chi connectivity index (χ3n) is 4.66. The second kappa shape index (κ2) is 7.48. The summed E-state index contributed by atoms with van der Waals surface area (Å²) in [5.74, 6) is -0.249. The van der Waals surface area contributed by atoms with Gasteiger partial charge in [0.2, 0.25) is 0 Å². The van der Waals surface area contributed by atoms with Crippen molar-refractivity contribution < 1.29 is 9.53 Å². The molecule has 0 radical (unpaired) electrons. The van der Waals surface area contributed by atoms with Crippen LogP contribution in [-0.2, 0) is 15.1 Å². The standard InChI is InChI=1S/C16H22ClNO2.ClH/c1-12-13(2)18(3)10-9-16(12,20-15(19)11-17)14-7-5-4-6-8-14;/h4-8,12-13H,9-11H2,1-3H3;1H. The number of likely N-dealkylation sites (tertiary alicyclic amines) is 1. The maximum absolute atomic E-state index is 11.8. The number of benzene rings is 1. The molecular formula is C16H23Cl2NO2. The molecule has 3 atom stereocenters. The lowest BCUT2D eigenvalue weighted by atomic mass is 9.73. The summed E-state index contributed by atoms with van der Waals surface area (Å²) in [5.41, 5.74) is 0.491. The summed E-state index contributed by atoms with van der Waals surface area (Å²) in [6.07, 6.45) is 0.793. The maximum Gasteiger partial charge on any atom is 0.321 e. The van der Waals surface area contributed by atoms with Crippen LogP contribution >= 0.6 is 24.0 Å². The fraction of sp³-hybridized carbons (Fsp3) is 0.562. The number of halogens is 2. The molecular weight excluding hydrogens is 309 g/mol. The Morgan fingerprint density at radius 3 is 2.57 bits per heavy atom. The zero-order valence-corrected chi connectivity index (χ0v) is 14.3. The molecule has 1 fully saturated rings. The van der Waals surface area contributed by atoms with Gasteiger partial charge in [-0.3, -0.25) is 4.79 Å². The summed E-state index contributed by atoms with van der Waals surface area (Å²) >= 11 is 5.65. The number of hydrogen-bond acceptors (Lipinski definition) is 3. The third kappa shape index (κ3) is 3.53. The quantitative estimate of drug-likeness (QED) is 0.627. The van der Waals surface area contributed by atoms with Gasteiger partial charge in [-0.05, 0) is 19.5 Å². The second-order valence-corrected chi connectivity index (χ2v) is 5.89. The van der Waals surface area contributed by atoms with E-state index < -0.39 is 5.60 Å². The molecule has 0 aliphatic carbocycles. The van der Waals surface area contributed by atoms with E-state index in [2.05, 4.69) is 25.8 Å². The highest BCUT2D eigenvalue weighted by Crippen LogP contribution is 2.43. The zero-order valence-electron chi connectivity index (χ0n) is 12.7. The van der Waals surface area contributed by atoms with Crippen molar-refractivity contribution in [1.82, 2.24) is 4.90 Å². The normalized spacial score (nSPS) is 29.5. The summed E-state index contributed by atoms with van der Waals surface area (Å²) in [7, 11) is 2.11. The van der Waals surface area contributed by atoms with Crippen molar-refractivity contribution in [2.75, 3.05) is 19.5 Å². The minimum Gasteiger partial charge on any atom is -0.453 e. The fourth-order valence-electron chi connectivity index (χ4n) is 3.11. The first-order valence-corrected chi connectivity index (χ1v) is 7.58. The molecule has 1 aliphatic heterocycles. The van der Waals surface area contributed by atoms with Gasteiger partial charge >= 0.3 is 5.97 Å². The molecule has 0 saturated carbocycles. The molecule has 0 N–H and O–H groups in total. The molecule has 0 bridgehead atoms. The molecule has 1 saturated heterocycles. The minimum atomic E-state index is -0.570. The Balaban J connectivity index is 0.00000220. The van der Waals surface area contributed by atoms with E-state index in [1.54, 1.807) is 0 Å². The van der Waals surface area contributed by atoms with E-state index >= 15 is 0 Å². The summed E-state index contributed by atoms with van der Waals surface area (Å²) in [6.45, 7) is 5.22. The average Bonchev–Trinajstić information content (AvgIpc) is 2.49. The van der Waals surface area contributed by atoms with Gasteiger partial charge in [0.05, 0.1) is 0 Å². The van der Waals surface area contributed by atoms with E-state index in [9.17, 15) is 4.79 Å². The molecule has 3 nitrogen and oxygen atoms in total. The Kier molecular flexibility index (Phi) is 6.51. The van der Waals surface area contributed by atoms with Crippen LogP contribution in [0.3, 0.4) is 0 Å². The van der Waals surface area contributed by atoms with Gasteiger partial charge in [0.1, 0.15) is 11.5 Å². The molecule has 0 amide bonds. The Bertz CT molecular complexity index is 469. The van der Waals surface area contributed by atoms with Crippen molar-refractivity contribution in [3.05, 3.63) is 35.9 Å². The highest BCUT2D eigenvalue weighted by molar-refractivity contribution is 6.26. The molecule has 5 heteroatoms. The molecule has 1 aromatic carbocycles. The molecule has 0 aromatic heterocycles. The van der Waals surface area contributed by atoms with Crippen molar-refractivity contribution in [1.29, 1.82) is 0 Å². The lowest BCUT2D eigenvalue weighted by molar-refractivity contribution is -0.176. The second-order valence-electron chi connectivity index (χ2n) is 5.62. The van der Waals surface area contributed by atoms with Crippen molar-refractivity contribution in [2.24, 2.45) is 5.92 Å². The highest BCUT2D eigenvalue weighted by Gasteiger charge is 2.47. The van der Waals surface area contributed by atoms with Gasteiger partial charge in [-0.1, -0.05) is 37.3 Å². The van der Waals surface area contributed by atoms with E-state index in [1.165, 1.54) is 0 Å². The first-order chi connectivity index (χ1) is 9.51. The Hall–Kier alpha value is -0.770. The van der Waals surface area contributed by atoms with Crippen molar-refractivity contribution in [2.45, 2.75) is 31.9 Å². The van der Waals surface area contributed by atoms with E-state index in [4.69, 9.17) is 16.3 Å². The number of nitrogens with zero attached hydrogens (tertiary/aromatic N) is 1. The van der Waals surface area contributed by atoms with Crippen LogP contribution in [0.4, 0.5) is 0 Å². The van der Waals surface area contributed by atoms with Crippen molar-refractivity contribution >= 4 is 30.0 Å². The van der Waals surface area contributed by atoms with Gasteiger partial charge in [-0.15, -0.1) is 24.0 Å². The lowest BCUT2D eigenvalue weighted by Crippen LogP contribution is -2.54. The van der Waals surface area contributed by atoms with Crippen LogP contribution in [0, 0.1) is 5.92 Å². The van der Waals surface area contributed by atoms with Gasteiger partial charge < -0.3 is 9.64 Å². The largest absolute Gasteiger partial charge is 0.453 e. The van der Waals surface area contributed by atoms with Crippen LogP contribution in [0.25, 0.3) is 0 Å². The van der Waals surface area contributed by atoms with Crippen molar-refractivity contribution in [3.63, 3.8) is 0 Å². The monoisotopic (exact) mass is 331 g/mol. The van der Waals surface area contributed by atoms with Crippen LogP contribution in [0.1, 0.15) is 25.8 Å². The smallest absolute Gasteiger partial charge is 0.321 e. The summed E-state index contributed by atoms with van der Waals surface area (Å²) in [6, 6.07) is 10.4. The Morgan fingerprint density at radius 1 is 1.38 bits per heavy atom. The number of piperidine rings is 1. The van der Waals surface area contributed by atoms with E-state index in [0.29, 0.717) is 6.04 Å². The number of hydrogen-bond donors (Lipinski definition) is 0. The fourth-order valence-corrected chi connectivity index (χ4v) is 3.16. The number of carbonyl (C=O) groups is 1. The van der Waals surface area contributed by atoms with E-state index in [-0.39, 0.29) is 30.2 Å². The Morgan fingerprint density at radius 2 is 2.00 bits per heavy atom.